The normalized spacial score (nSPS) is 18.5. The molecule has 2 heterocycles. The van der Waals surface area contributed by atoms with Crippen molar-refractivity contribution in [2.75, 3.05) is 25.1 Å². The van der Waals surface area contributed by atoms with E-state index in [1.165, 1.54) is 13.5 Å². The van der Waals surface area contributed by atoms with E-state index in [-0.39, 0.29) is 5.41 Å². The number of hydrogen-bond acceptors (Lipinski definition) is 5. The maximum atomic E-state index is 11.4. The summed E-state index contributed by atoms with van der Waals surface area (Å²) in [6, 6.07) is 1.57. The number of ether oxygens (including phenoxy) is 1. The second kappa shape index (κ2) is 4.92. The van der Waals surface area contributed by atoms with Gasteiger partial charge in [-0.1, -0.05) is 13.8 Å². The molecule has 0 bridgehead atoms. The molecule has 1 saturated heterocycles. The van der Waals surface area contributed by atoms with Gasteiger partial charge in [0.15, 0.2) is 5.69 Å². The van der Waals surface area contributed by atoms with Crippen molar-refractivity contribution < 1.29 is 9.53 Å². The largest absolute Gasteiger partial charge is 0.464 e. The van der Waals surface area contributed by atoms with Crippen LogP contribution in [0.25, 0.3) is 0 Å². The summed E-state index contributed by atoms with van der Waals surface area (Å²) in [4.78, 5) is 22.1. The smallest absolute Gasteiger partial charge is 0.356 e. The molecule has 0 radical (unpaired) electrons. The second-order valence-electron chi connectivity index (χ2n) is 5.42. The Labute approximate surface area is 107 Å². The summed E-state index contributed by atoms with van der Waals surface area (Å²) >= 11 is 0. The van der Waals surface area contributed by atoms with E-state index in [1.807, 2.05) is 0 Å². The van der Waals surface area contributed by atoms with Gasteiger partial charge in [-0.2, -0.15) is 0 Å². The lowest BCUT2D eigenvalue weighted by atomic mass is 9.84. The van der Waals surface area contributed by atoms with E-state index in [9.17, 15) is 4.79 Å². The first-order chi connectivity index (χ1) is 8.52. The first-order valence-electron chi connectivity index (χ1n) is 6.18. The first kappa shape index (κ1) is 12.8. The van der Waals surface area contributed by atoms with Crippen LogP contribution in [0.5, 0.6) is 0 Å². The van der Waals surface area contributed by atoms with E-state index in [0.29, 0.717) is 11.6 Å². The lowest BCUT2D eigenvalue weighted by molar-refractivity contribution is 0.0594. The summed E-state index contributed by atoms with van der Waals surface area (Å²) in [6.07, 6.45) is 3.94. The molecule has 1 aromatic rings. The number of piperidine rings is 1. The van der Waals surface area contributed by atoms with Crippen molar-refractivity contribution in [2.24, 2.45) is 5.41 Å². The molecule has 0 spiro atoms. The Kier molecular flexibility index (Phi) is 3.50. The van der Waals surface area contributed by atoms with Gasteiger partial charge < -0.3 is 9.64 Å². The van der Waals surface area contributed by atoms with E-state index in [1.54, 1.807) is 12.3 Å². The topological polar surface area (TPSA) is 55.3 Å². The van der Waals surface area contributed by atoms with Crippen molar-refractivity contribution >= 4 is 11.9 Å². The Balaban J connectivity index is 2.20. The molecule has 0 amide bonds. The van der Waals surface area contributed by atoms with E-state index < -0.39 is 5.97 Å². The van der Waals surface area contributed by atoms with E-state index in [4.69, 9.17) is 0 Å². The third kappa shape index (κ3) is 2.78. The van der Waals surface area contributed by atoms with Crippen molar-refractivity contribution in [3.05, 3.63) is 18.0 Å². The number of carbonyl (C=O) groups is 1. The Hall–Kier alpha value is -1.65. The number of anilines is 1. The number of rotatable bonds is 2. The van der Waals surface area contributed by atoms with Gasteiger partial charge in [-0.15, -0.1) is 0 Å². The Morgan fingerprint density at radius 2 is 2.28 bits per heavy atom. The second-order valence-corrected chi connectivity index (χ2v) is 5.42. The van der Waals surface area contributed by atoms with Gasteiger partial charge in [-0.3, -0.25) is 0 Å². The standard InChI is InChI=1S/C13H19N3O2/c1-13(2)6-4-8-16(9-13)12-14-7-5-10(15-12)11(17)18-3/h5,7H,4,6,8-9H2,1-3H3. The zero-order valence-corrected chi connectivity index (χ0v) is 11.1. The molecular weight excluding hydrogens is 230 g/mol. The van der Waals surface area contributed by atoms with Crippen LogP contribution in [0, 0.1) is 5.41 Å². The van der Waals surface area contributed by atoms with Crippen LogP contribution in [0.1, 0.15) is 37.2 Å². The maximum Gasteiger partial charge on any atom is 0.356 e. The highest BCUT2D eigenvalue weighted by Gasteiger charge is 2.28. The van der Waals surface area contributed by atoms with Gasteiger partial charge in [0.05, 0.1) is 7.11 Å². The van der Waals surface area contributed by atoms with Crippen molar-refractivity contribution in [1.29, 1.82) is 0 Å². The molecule has 5 nitrogen and oxygen atoms in total. The van der Waals surface area contributed by atoms with E-state index in [2.05, 4.69) is 33.5 Å². The average Bonchev–Trinajstić information content (AvgIpc) is 2.37. The zero-order chi connectivity index (χ0) is 13.2. The summed E-state index contributed by atoms with van der Waals surface area (Å²) in [7, 11) is 1.36. The van der Waals surface area contributed by atoms with Crippen LogP contribution in [0.2, 0.25) is 0 Å². The van der Waals surface area contributed by atoms with Crippen LogP contribution in [0.15, 0.2) is 12.3 Å². The molecule has 1 aliphatic heterocycles. The minimum atomic E-state index is -0.421. The van der Waals surface area contributed by atoms with Gasteiger partial charge in [0.1, 0.15) is 0 Å². The molecule has 0 atom stereocenters. The fraction of sp³-hybridized carbons (Fsp3) is 0.615. The van der Waals surface area contributed by atoms with Gasteiger partial charge in [0, 0.05) is 19.3 Å². The lowest BCUT2D eigenvalue weighted by Crippen LogP contribution is -2.41. The molecule has 2 rings (SSSR count). The van der Waals surface area contributed by atoms with Crippen LogP contribution >= 0.6 is 0 Å². The van der Waals surface area contributed by atoms with Crippen LogP contribution in [-0.2, 0) is 4.74 Å². The molecule has 0 aromatic carbocycles. The molecule has 0 aliphatic carbocycles. The lowest BCUT2D eigenvalue weighted by Gasteiger charge is -2.38. The molecular formula is C13H19N3O2. The number of nitrogens with zero attached hydrogens (tertiary/aromatic N) is 3. The number of aromatic nitrogens is 2. The van der Waals surface area contributed by atoms with Gasteiger partial charge in [-0.05, 0) is 24.3 Å². The zero-order valence-electron chi connectivity index (χ0n) is 11.1. The average molecular weight is 249 g/mol. The monoisotopic (exact) mass is 249 g/mol. The summed E-state index contributed by atoms with van der Waals surface area (Å²) in [5.41, 5.74) is 0.578. The quantitative estimate of drug-likeness (QED) is 0.749. The third-order valence-corrected chi connectivity index (χ3v) is 3.22. The van der Waals surface area contributed by atoms with Crippen molar-refractivity contribution in [1.82, 2.24) is 9.97 Å². The number of esters is 1. The van der Waals surface area contributed by atoms with Crippen molar-refractivity contribution in [2.45, 2.75) is 26.7 Å². The van der Waals surface area contributed by atoms with Gasteiger partial charge in [-0.25, -0.2) is 14.8 Å². The molecule has 98 valence electrons. The summed E-state index contributed by atoms with van der Waals surface area (Å²) < 4.78 is 4.67. The highest BCUT2D eigenvalue weighted by atomic mass is 16.5. The fourth-order valence-corrected chi connectivity index (χ4v) is 2.31. The summed E-state index contributed by atoms with van der Waals surface area (Å²) in [5, 5.41) is 0. The minimum absolute atomic E-state index is 0.267. The molecule has 1 aliphatic rings. The molecule has 18 heavy (non-hydrogen) atoms. The minimum Gasteiger partial charge on any atom is -0.464 e. The highest BCUT2D eigenvalue weighted by Crippen LogP contribution is 2.30. The molecule has 0 saturated carbocycles. The molecule has 0 unspecified atom stereocenters. The number of methoxy groups -OCH3 is 1. The predicted molar refractivity (Wildman–Crippen MR) is 68.6 cm³/mol. The SMILES string of the molecule is COC(=O)c1ccnc(N2CCCC(C)(C)C2)n1. The summed E-state index contributed by atoms with van der Waals surface area (Å²) in [6.45, 7) is 6.33. The molecule has 0 N–H and O–H groups in total. The van der Waals surface area contributed by atoms with Crippen molar-refractivity contribution in [3.63, 3.8) is 0 Å². The number of carbonyl (C=O) groups excluding carboxylic acids is 1. The van der Waals surface area contributed by atoms with Crippen LogP contribution in [0.3, 0.4) is 0 Å². The van der Waals surface area contributed by atoms with Crippen LogP contribution in [-0.4, -0.2) is 36.1 Å². The fourth-order valence-electron chi connectivity index (χ4n) is 2.31. The highest BCUT2D eigenvalue weighted by molar-refractivity contribution is 5.87. The Morgan fingerprint density at radius 3 is 2.94 bits per heavy atom. The third-order valence-electron chi connectivity index (χ3n) is 3.22. The number of hydrogen-bond donors (Lipinski definition) is 0. The van der Waals surface area contributed by atoms with E-state index >= 15 is 0 Å². The first-order valence-corrected chi connectivity index (χ1v) is 6.18. The van der Waals surface area contributed by atoms with E-state index in [0.717, 1.165) is 19.5 Å². The Bertz CT molecular complexity index is 446. The predicted octanol–water partition coefficient (Wildman–Crippen LogP) is 1.89. The van der Waals surface area contributed by atoms with Crippen LogP contribution in [0.4, 0.5) is 5.95 Å². The maximum absolute atomic E-state index is 11.4. The van der Waals surface area contributed by atoms with Gasteiger partial charge in [0.25, 0.3) is 0 Å². The van der Waals surface area contributed by atoms with Crippen LogP contribution < -0.4 is 4.90 Å². The molecule has 5 heteroatoms. The van der Waals surface area contributed by atoms with Gasteiger partial charge in [0.2, 0.25) is 5.95 Å². The van der Waals surface area contributed by atoms with Gasteiger partial charge >= 0.3 is 5.97 Å². The van der Waals surface area contributed by atoms with Crippen molar-refractivity contribution in [3.8, 4) is 0 Å². The molecule has 1 fully saturated rings. The summed E-state index contributed by atoms with van der Waals surface area (Å²) in [5.74, 6) is 0.195. The Morgan fingerprint density at radius 1 is 1.50 bits per heavy atom. The molecule has 1 aromatic heterocycles.